The predicted octanol–water partition coefficient (Wildman–Crippen LogP) is 2.97. The lowest BCUT2D eigenvalue weighted by Crippen LogP contribution is -2.59. The summed E-state index contributed by atoms with van der Waals surface area (Å²) in [5.74, 6) is 1.71. The van der Waals surface area contributed by atoms with Gasteiger partial charge in [-0.3, -0.25) is 0 Å². The van der Waals surface area contributed by atoms with E-state index in [1.54, 1.807) is 0 Å². The van der Waals surface area contributed by atoms with Gasteiger partial charge >= 0.3 is 0 Å². The molecule has 0 aromatic heterocycles. The van der Waals surface area contributed by atoms with Crippen molar-refractivity contribution in [2.45, 2.75) is 71.1 Å². The molecule has 1 heterocycles. The molecule has 0 aromatic rings. The van der Waals surface area contributed by atoms with Crippen molar-refractivity contribution in [2.75, 3.05) is 6.54 Å². The van der Waals surface area contributed by atoms with Crippen molar-refractivity contribution < 1.29 is 4.74 Å². The summed E-state index contributed by atoms with van der Waals surface area (Å²) in [5, 5.41) is 3.72. The Balaban J connectivity index is 1.95. The zero-order valence-electron chi connectivity index (χ0n) is 11.3. The quantitative estimate of drug-likeness (QED) is 0.780. The molecule has 2 nitrogen and oxygen atoms in total. The van der Waals surface area contributed by atoms with Crippen LogP contribution in [0, 0.1) is 11.8 Å². The molecule has 2 aliphatic rings. The predicted molar refractivity (Wildman–Crippen MR) is 67.5 cm³/mol. The Kier molecular flexibility index (Phi) is 3.60. The molecule has 1 N–H and O–H groups in total. The summed E-state index contributed by atoms with van der Waals surface area (Å²) in [7, 11) is 0. The molecular formula is C14H27NO. The molecule has 2 fully saturated rings. The minimum absolute atomic E-state index is 0.0752. The van der Waals surface area contributed by atoms with Crippen molar-refractivity contribution in [3.63, 3.8) is 0 Å². The molecule has 1 aliphatic carbocycles. The summed E-state index contributed by atoms with van der Waals surface area (Å²) in [6.07, 6.45) is 5.48. The van der Waals surface area contributed by atoms with Crippen LogP contribution in [0.15, 0.2) is 0 Å². The van der Waals surface area contributed by atoms with E-state index in [4.69, 9.17) is 4.74 Å². The van der Waals surface area contributed by atoms with Crippen LogP contribution in [0.4, 0.5) is 0 Å². The molecule has 0 spiro atoms. The summed E-state index contributed by atoms with van der Waals surface area (Å²) < 4.78 is 6.29. The van der Waals surface area contributed by atoms with Crippen molar-refractivity contribution in [3.05, 3.63) is 0 Å². The van der Waals surface area contributed by atoms with E-state index in [0.29, 0.717) is 12.1 Å². The highest BCUT2D eigenvalue weighted by Crippen LogP contribution is 2.36. The Hall–Kier alpha value is -0.0800. The van der Waals surface area contributed by atoms with E-state index in [1.165, 1.54) is 19.3 Å². The molecule has 1 saturated heterocycles. The van der Waals surface area contributed by atoms with E-state index in [1.807, 2.05) is 0 Å². The average molecular weight is 225 g/mol. The molecular weight excluding hydrogens is 198 g/mol. The molecule has 2 heteroatoms. The fourth-order valence-electron chi connectivity index (χ4n) is 3.10. The van der Waals surface area contributed by atoms with Crippen LogP contribution in [0.5, 0.6) is 0 Å². The minimum atomic E-state index is 0.0752. The maximum Gasteiger partial charge on any atom is 0.0780 e. The van der Waals surface area contributed by atoms with Gasteiger partial charge in [-0.25, -0.2) is 0 Å². The molecule has 94 valence electrons. The van der Waals surface area contributed by atoms with Crippen LogP contribution in [0.3, 0.4) is 0 Å². The van der Waals surface area contributed by atoms with Gasteiger partial charge in [0.1, 0.15) is 0 Å². The number of rotatable bonds is 2. The van der Waals surface area contributed by atoms with Gasteiger partial charge in [-0.05, 0) is 44.4 Å². The van der Waals surface area contributed by atoms with E-state index in [0.717, 1.165) is 24.8 Å². The second-order valence-electron chi connectivity index (χ2n) is 6.26. The second kappa shape index (κ2) is 4.66. The van der Waals surface area contributed by atoms with Gasteiger partial charge in [0, 0.05) is 12.6 Å². The third-order valence-corrected chi connectivity index (χ3v) is 4.69. The van der Waals surface area contributed by atoms with Crippen LogP contribution in [-0.4, -0.2) is 24.3 Å². The van der Waals surface area contributed by atoms with E-state index in [2.05, 4.69) is 33.0 Å². The molecule has 0 amide bonds. The first-order valence-electron chi connectivity index (χ1n) is 6.95. The molecule has 0 radical (unpaired) electrons. The molecule has 0 bridgehead atoms. The highest BCUT2D eigenvalue weighted by molar-refractivity contribution is 4.95. The molecule has 4 unspecified atom stereocenters. The summed E-state index contributed by atoms with van der Waals surface area (Å²) >= 11 is 0. The standard InChI is InChI=1S/C14H27NO/c1-5-14(4)9-15-12-8-11(10(2)3)6-7-13(12)16-14/h10-13,15H,5-9H2,1-4H3. The first-order chi connectivity index (χ1) is 7.54. The van der Waals surface area contributed by atoms with E-state index in [9.17, 15) is 0 Å². The maximum absolute atomic E-state index is 6.29. The Labute approximate surface area is 100 Å². The number of hydrogen-bond donors (Lipinski definition) is 1. The first kappa shape index (κ1) is 12.4. The van der Waals surface area contributed by atoms with Gasteiger partial charge in [0.25, 0.3) is 0 Å². The van der Waals surface area contributed by atoms with Crippen LogP contribution < -0.4 is 5.32 Å². The Bertz CT molecular complexity index is 241. The van der Waals surface area contributed by atoms with E-state index in [-0.39, 0.29) is 5.60 Å². The third kappa shape index (κ3) is 2.43. The van der Waals surface area contributed by atoms with Crippen LogP contribution >= 0.6 is 0 Å². The van der Waals surface area contributed by atoms with Crippen molar-refractivity contribution in [2.24, 2.45) is 11.8 Å². The van der Waals surface area contributed by atoms with Gasteiger partial charge in [-0.2, -0.15) is 0 Å². The fourth-order valence-corrected chi connectivity index (χ4v) is 3.10. The van der Waals surface area contributed by atoms with Crippen LogP contribution in [0.1, 0.15) is 53.4 Å². The van der Waals surface area contributed by atoms with Gasteiger partial charge in [-0.15, -0.1) is 0 Å². The smallest absolute Gasteiger partial charge is 0.0780 e. The Morgan fingerprint density at radius 3 is 2.75 bits per heavy atom. The lowest BCUT2D eigenvalue weighted by Gasteiger charge is -2.48. The first-order valence-corrected chi connectivity index (χ1v) is 6.95. The molecule has 0 aromatic carbocycles. The summed E-state index contributed by atoms with van der Waals surface area (Å²) in [5.41, 5.74) is 0.0752. The fraction of sp³-hybridized carbons (Fsp3) is 1.00. The van der Waals surface area contributed by atoms with Crippen LogP contribution in [0.25, 0.3) is 0 Å². The molecule has 1 saturated carbocycles. The number of fused-ring (bicyclic) bond motifs is 1. The maximum atomic E-state index is 6.29. The molecule has 16 heavy (non-hydrogen) atoms. The Morgan fingerprint density at radius 2 is 2.12 bits per heavy atom. The largest absolute Gasteiger partial charge is 0.369 e. The van der Waals surface area contributed by atoms with Crippen molar-refractivity contribution in [1.82, 2.24) is 5.32 Å². The molecule has 2 rings (SSSR count). The van der Waals surface area contributed by atoms with Crippen molar-refractivity contribution >= 4 is 0 Å². The van der Waals surface area contributed by atoms with Crippen molar-refractivity contribution in [1.29, 1.82) is 0 Å². The SMILES string of the molecule is CCC1(C)CNC2CC(C(C)C)CCC2O1. The number of morpholine rings is 1. The summed E-state index contributed by atoms with van der Waals surface area (Å²) in [6.45, 7) is 10.2. The average Bonchev–Trinajstić information content (AvgIpc) is 2.28. The van der Waals surface area contributed by atoms with Gasteiger partial charge in [0.2, 0.25) is 0 Å². The van der Waals surface area contributed by atoms with E-state index >= 15 is 0 Å². The number of ether oxygens (including phenoxy) is 1. The molecule has 4 atom stereocenters. The highest BCUT2D eigenvalue weighted by Gasteiger charge is 2.40. The summed E-state index contributed by atoms with van der Waals surface area (Å²) in [6, 6.07) is 0.612. The van der Waals surface area contributed by atoms with Gasteiger partial charge in [0.05, 0.1) is 11.7 Å². The third-order valence-electron chi connectivity index (χ3n) is 4.69. The van der Waals surface area contributed by atoms with E-state index < -0.39 is 0 Å². The normalized spacial score (nSPS) is 44.4. The number of hydrogen-bond acceptors (Lipinski definition) is 2. The topological polar surface area (TPSA) is 21.3 Å². The zero-order valence-corrected chi connectivity index (χ0v) is 11.3. The van der Waals surface area contributed by atoms with Gasteiger partial charge < -0.3 is 10.1 Å². The van der Waals surface area contributed by atoms with Crippen LogP contribution in [-0.2, 0) is 4.74 Å². The van der Waals surface area contributed by atoms with Crippen LogP contribution in [0.2, 0.25) is 0 Å². The zero-order chi connectivity index (χ0) is 11.8. The lowest BCUT2D eigenvalue weighted by atomic mass is 9.76. The monoisotopic (exact) mass is 225 g/mol. The molecule has 1 aliphatic heterocycles. The number of nitrogens with one attached hydrogen (secondary N) is 1. The minimum Gasteiger partial charge on any atom is -0.369 e. The lowest BCUT2D eigenvalue weighted by molar-refractivity contribution is -0.144. The van der Waals surface area contributed by atoms with Gasteiger partial charge in [0.15, 0.2) is 0 Å². The Morgan fingerprint density at radius 1 is 1.38 bits per heavy atom. The van der Waals surface area contributed by atoms with Crippen molar-refractivity contribution in [3.8, 4) is 0 Å². The highest BCUT2D eigenvalue weighted by atomic mass is 16.5. The van der Waals surface area contributed by atoms with Gasteiger partial charge in [-0.1, -0.05) is 20.8 Å². The second-order valence-corrected chi connectivity index (χ2v) is 6.26. The summed E-state index contributed by atoms with van der Waals surface area (Å²) in [4.78, 5) is 0.